The second-order valence-electron chi connectivity index (χ2n) is 7.97. The zero-order valence-corrected chi connectivity index (χ0v) is 19.0. The molecule has 0 radical (unpaired) electrons. The molecular formula is C27H25FN2O4. The topological polar surface area (TPSA) is 67.9 Å². The number of nitrogens with one attached hydrogen (secondary N) is 1. The number of anilines is 2. The minimum absolute atomic E-state index is 0.154. The third-order valence-corrected chi connectivity index (χ3v) is 5.34. The first-order valence-electron chi connectivity index (χ1n) is 11.0. The van der Waals surface area contributed by atoms with E-state index < -0.39 is 6.10 Å². The van der Waals surface area contributed by atoms with Gasteiger partial charge >= 0.3 is 0 Å². The molecule has 1 unspecified atom stereocenters. The largest absolute Gasteiger partial charge is 0.492 e. The van der Waals surface area contributed by atoms with Crippen LogP contribution in [0.15, 0.2) is 72.8 Å². The van der Waals surface area contributed by atoms with Crippen LogP contribution in [0.1, 0.15) is 18.1 Å². The Morgan fingerprint density at radius 1 is 1.12 bits per heavy atom. The van der Waals surface area contributed by atoms with E-state index in [1.807, 2.05) is 31.2 Å². The molecule has 0 bridgehead atoms. The lowest BCUT2D eigenvalue weighted by Gasteiger charge is -2.33. The monoisotopic (exact) mass is 460 g/mol. The Morgan fingerprint density at radius 3 is 2.59 bits per heavy atom. The van der Waals surface area contributed by atoms with Gasteiger partial charge in [0.15, 0.2) is 6.10 Å². The number of benzene rings is 3. The Hall–Kier alpha value is -4.13. The van der Waals surface area contributed by atoms with Crippen molar-refractivity contribution in [3.8, 4) is 11.5 Å². The zero-order valence-electron chi connectivity index (χ0n) is 19.0. The molecule has 1 aliphatic heterocycles. The molecule has 0 saturated heterocycles. The number of nitrogens with zero attached hydrogens (tertiary/aromatic N) is 1. The lowest BCUT2D eigenvalue weighted by Crippen LogP contribution is -2.46. The van der Waals surface area contributed by atoms with Crippen LogP contribution in [0.2, 0.25) is 0 Å². The normalized spacial score (nSPS) is 15.1. The van der Waals surface area contributed by atoms with E-state index in [1.54, 1.807) is 48.2 Å². The molecule has 0 aliphatic carbocycles. The highest BCUT2D eigenvalue weighted by Crippen LogP contribution is 2.36. The van der Waals surface area contributed by atoms with Gasteiger partial charge in [0, 0.05) is 17.8 Å². The molecule has 7 heteroatoms. The van der Waals surface area contributed by atoms with Gasteiger partial charge in [-0.25, -0.2) is 4.39 Å². The van der Waals surface area contributed by atoms with E-state index >= 15 is 0 Å². The number of carbonyl (C=O) groups excluding carboxylic acids is 2. The summed E-state index contributed by atoms with van der Waals surface area (Å²) >= 11 is 0. The Labute approximate surface area is 197 Å². The first-order chi connectivity index (χ1) is 16.4. The summed E-state index contributed by atoms with van der Waals surface area (Å²) in [7, 11) is 0. The van der Waals surface area contributed by atoms with Crippen LogP contribution in [-0.4, -0.2) is 31.1 Å². The molecule has 3 aromatic rings. The fourth-order valence-corrected chi connectivity index (χ4v) is 3.54. The summed E-state index contributed by atoms with van der Waals surface area (Å²) in [4.78, 5) is 26.7. The van der Waals surface area contributed by atoms with Gasteiger partial charge in [-0.1, -0.05) is 29.8 Å². The van der Waals surface area contributed by atoms with Gasteiger partial charge in [0.2, 0.25) is 5.91 Å². The van der Waals surface area contributed by atoms with Crippen molar-refractivity contribution in [3.63, 3.8) is 0 Å². The number of halogens is 1. The van der Waals surface area contributed by atoms with E-state index in [0.717, 1.165) is 11.3 Å². The van der Waals surface area contributed by atoms with Crippen molar-refractivity contribution in [2.75, 3.05) is 23.4 Å². The van der Waals surface area contributed by atoms with Gasteiger partial charge in [-0.05, 0) is 61.9 Å². The highest BCUT2D eigenvalue weighted by Gasteiger charge is 2.31. The fraction of sp³-hybridized carbons (Fsp3) is 0.185. The van der Waals surface area contributed by atoms with Gasteiger partial charge in [-0.15, -0.1) is 0 Å². The lowest BCUT2D eigenvalue weighted by molar-refractivity contribution is -0.125. The van der Waals surface area contributed by atoms with Crippen molar-refractivity contribution >= 4 is 29.3 Å². The summed E-state index contributed by atoms with van der Waals surface area (Å²) in [6.45, 7) is 4.38. The van der Waals surface area contributed by atoms with Gasteiger partial charge in [0.05, 0.1) is 12.2 Å². The molecule has 34 heavy (non-hydrogen) atoms. The lowest BCUT2D eigenvalue weighted by atomic mass is 10.1. The predicted molar refractivity (Wildman–Crippen MR) is 130 cm³/mol. The molecule has 0 fully saturated rings. The van der Waals surface area contributed by atoms with E-state index in [-0.39, 0.29) is 17.6 Å². The van der Waals surface area contributed by atoms with Crippen molar-refractivity contribution in [2.45, 2.75) is 20.0 Å². The van der Waals surface area contributed by atoms with Gasteiger partial charge in [0.25, 0.3) is 5.91 Å². The first kappa shape index (κ1) is 23.0. The van der Waals surface area contributed by atoms with E-state index in [9.17, 15) is 14.0 Å². The third kappa shape index (κ3) is 5.61. The first-order valence-corrected chi connectivity index (χ1v) is 11.0. The van der Waals surface area contributed by atoms with Gasteiger partial charge in [-0.2, -0.15) is 0 Å². The smallest absolute Gasteiger partial charge is 0.267 e. The van der Waals surface area contributed by atoms with E-state index in [4.69, 9.17) is 9.47 Å². The van der Waals surface area contributed by atoms with Crippen molar-refractivity contribution in [3.05, 3.63) is 89.8 Å². The average Bonchev–Trinajstić information content (AvgIpc) is 2.82. The Bertz CT molecular complexity index is 1210. The molecule has 6 nitrogen and oxygen atoms in total. The Kier molecular flexibility index (Phi) is 6.92. The fourth-order valence-electron chi connectivity index (χ4n) is 3.54. The molecule has 2 amide bonds. The van der Waals surface area contributed by atoms with E-state index in [2.05, 4.69) is 5.32 Å². The van der Waals surface area contributed by atoms with Crippen LogP contribution in [0.4, 0.5) is 15.8 Å². The number of amides is 2. The molecule has 1 heterocycles. The summed E-state index contributed by atoms with van der Waals surface area (Å²) < 4.78 is 24.6. The summed E-state index contributed by atoms with van der Waals surface area (Å²) in [6, 6.07) is 18.7. The maximum absolute atomic E-state index is 13.0. The molecule has 0 aromatic heterocycles. The summed E-state index contributed by atoms with van der Waals surface area (Å²) in [5, 5.41) is 2.78. The highest BCUT2D eigenvalue weighted by molar-refractivity contribution is 6.03. The standard InChI is InChI=1S/C27H25FN2O4/c1-18-3-11-23(12-4-18)33-16-15-30-24-13-10-22(17-25(24)34-19(2)27(30)32)29-26(31)14-7-20-5-8-21(28)9-6-20/h3-14,17,19H,15-16H2,1-2H3,(H,29,31)/b14-7+. The third-order valence-electron chi connectivity index (χ3n) is 5.34. The molecule has 1 aliphatic rings. The van der Waals surface area contributed by atoms with E-state index in [0.29, 0.717) is 35.8 Å². The van der Waals surface area contributed by atoms with Crippen molar-refractivity contribution in [2.24, 2.45) is 0 Å². The second-order valence-corrected chi connectivity index (χ2v) is 7.97. The van der Waals surface area contributed by atoms with Gasteiger partial charge in [0.1, 0.15) is 23.9 Å². The van der Waals surface area contributed by atoms with Crippen molar-refractivity contribution in [1.29, 1.82) is 0 Å². The molecule has 174 valence electrons. The molecular weight excluding hydrogens is 435 g/mol. The van der Waals surface area contributed by atoms with Gasteiger partial charge < -0.3 is 19.7 Å². The van der Waals surface area contributed by atoms with Crippen molar-refractivity contribution < 1.29 is 23.5 Å². The maximum Gasteiger partial charge on any atom is 0.267 e. The predicted octanol–water partition coefficient (Wildman–Crippen LogP) is 4.98. The zero-order chi connectivity index (χ0) is 24.1. The quantitative estimate of drug-likeness (QED) is 0.505. The molecule has 0 spiro atoms. The number of hydrogen-bond acceptors (Lipinski definition) is 4. The second kappa shape index (κ2) is 10.2. The number of rotatable bonds is 7. The van der Waals surface area contributed by atoms with Crippen LogP contribution in [-0.2, 0) is 9.59 Å². The minimum Gasteiger partial charge on any atom is -0.492 e. The summed E-state index contributed by atoms with van der Waals surface area (Å²) in [6.07, 6.45) is 2.31. The van der Waals surface area contributed by atoms with Crippen LogP contribution in [0.5, 0.6) is 11.5 Å². The summed E-state index contributed by atoms with van der Waals surface area (Å²) in [5.74, 6) is 0.416. The van der Waals surface area contributed by atoms with Crippen molar-refractivity contribution in [1.82, 2.24) is 0 Å². The average molecular weight is 461 g/mol. The van der Waals surface area contributed by atoms with Gasteiger partial charge in [-0.3, -0.25) is 9.59 Å². The molecule has 0 saturated carbocycles. The molecule has 1 N–H and O–H groups in total. The van der Waals surface area contributed by atoms with E-state index in [1.165, 1.54) is 18.2 Å². The molecule has 3 aromatic carbocycles. The number of hydrogen-bond donors (Lipinski definition) is 1. The molecule has 4 rings (SSSR count). The van der Waals surface area contributed by atoms with Crippen LogP contribution >= 0.6 is 0 Å². The van der Waals surface area contributed by atoms with Crippen LogP contribution in [0.25, 0.3) is 6.08 Å². The number of fused-ring (bicyclic) bond motifs is 1. The Morgan fingerprint density at radius 2 is 1.85 bits per heavy atom. The number of ether oxygens (including phenoxy) is 2. The number of carbonyl (C=O) groups is 2. The molecule has 1 atom stereocenters. The SMILES string of the molecule is Cc1ccc(OCCN2C(=O)C(C)Oc3cc(NC(=O)/C=C/c4ccc(F)cc4)ccc32)cc1. The van der Waals surface area contributed by atoms with Crippen LogP contribution < -0.4 is 19.7 Å². The number of aryl methyl sites for hydroxylation is 1. The minimum atomic E-state index is -0.656. The van der Waals surface area contributed by atoms with Crippen LogP contribution in [0, 0.1) is 12.7 Å². The Balaban J connectivity index is 1.41. The summed E-state index contributed by atoms with van der Waals surface area (Å²) in [5.41, 5.74) is 3.01. The maximum atomic E-state index is 13.0. The highest BCUT2D eigenvalue weighted by atomic mass is 19.1. The van der Waals surface area contributed by atoms with Crippen LogP contribution in [0.3, 0.4) is 0 Å².